The van der Waals surface area contributed by atoms with E-state index in [1.807, 2.05) is 0 Å². The van der Waals surface area contributed by atoms with Crippen LogP contribution >= 0.6 is 27.5 Å². The summed E-state index contributed by atoms with van der Waals surface area (Å²) in [6.07, 6.45) is 0.913. The summed E-state index contributed by atoms with van der Waals surface area (Å²) in [5.41, 5.74) is 5.27. The molecule has 0 radical (unpaired) electrons. The molecule has 0 unspecified atom stereocenters. The van der Waals surface area contributed by atoms with Crippen LogP contribution in [-0.2, 0) is 0 Å². The number of rotatable bonds is 7. The van der Waals surface area contributed by atoms with E-state index in [1.165, 1.54) is 7.11 Å². The molecule has 0 spiro atoms. The summed E-state index contributed by atoms with van der Waals surface area (Å²) >= 11 is 9.31. The van der Waals surface area contributed by atoms with Gasteiger partial charge in [0, 0.05) is 10.0 Å². The fourth-order valence-corrected chi connectivity index (χ4v) is 3.02. The van der Waals surface area contributed by atoms with Crippen LogP contribution in [0, 0.1) is 5.92 Å². The highest BCUT2D eigenvalue weighted by Crippen LogP contribution is 2.28. The van der Waals surface area contributed by atoms with Crippen molar-refractivity contribution in [3.63, 3.8) is 0 Å². The van der Waals surface area contributed by atoms with Crippen molar-refractivity contribution in [1.29, 1.82) is 0 Å². The Kier molecular flexibility index (Phi) is 8.14. The summed E-state index contributed by atoms with van der Waals surface area (Å²) in [7, 11) is 1.50. The summed E-state index contributed by atoms with van der Waals surface area (Å²) in [6, 6.07) is 9.66. The number of hydrogen-bond donors (Lipinski definition) is 2. The molecule has 0 aromatic heterocycles. The maximum absolute atomic E-state index is 12.3. The smallest absolute Gasteiger partial charge is 0.271 e. The number of carbonyl (C=O) groups excluding carboxylic acids is 2. The highest BCUT2D eigenvalue weighted by atomic mass is 79.9. The van der Waals surface area contributed by atoms with Gasteiger partial charge in [-0.3, -0.25) is 20.4 Å². The lowest BCUT2D eigenvalue weighted by atomic mass is 10.1. The van der Waals surface area contributed by atoms with Crippen molar-refractivity contribution in [2.24, 2.45) is 5.92 Å². The van der Waals surface area contributed by atoms with E-state index in [1.54, 1.807) is 36.4 Å². The number of halogens is 2. The first-order valence-corrected chi connectivity index (χ1v) is 9.85. The third-order valence-corrected chi connectivity index (χ3v) is 4.65. The Labute approximate surface area is 177 Å². The zero-order valence-electron chi connectivity index (χ0n) is 15.8. The number of carbonyl (C=O) groups is 2. The zero-order valence-corrected chi connectivity index (χ0v) is 18.2. The van der Waals surface area contributed by atoms with Crippen molar-refractivity contribution in [3.05, 3.63) is 57.0 Å². The Morgan fingerprint density at radius 2 is 1.79 bits per heavy atom. The predicted octanol–water partition coefficient (Wildman–Crippen LogP) is 4.61. The van der Waals surface area contributed by atoms with Crippen molar-refractivity contribution in [2.75, 3.05) is 13.7 Å². The van der Waals surface area contributed by atoms with E-state index in [9.17, 15) is 9.59 Å². The maximum Gasteiger partial charge on any atom is 0.271 e. The van der Waals surface area contributed by atoms with E-state index in [0.29, 0.717) is 29.6 Å². The molecule has 0 saturated carbocycles. The number of amides is 2. The van der Waals surface area contributed by atoms with Crippen LogP contribution in [0.15, 0.2) is 40.9 Å². The molecule has 8 heteroatoms. The van der Waals surface area contributed by atoms with Gasteiger partial charge in [0.1, 0.15) is 0 Å². The van der Waals surface area contributed by atoms with Crippen LogP contribution in [0.4, 0.5) is 0 Å². The second-order valence-electron chi connectivity index (χ2n) is 6.43. The normalized spacial score (nSPS) is 10.5. The van der Waals surface area contributed by atoms with Gasteiger partial charge in [0.2, 0.25) is 0 Å². The second-order valence-corrected chi connectivity index (χ2v) is 7.75. The van der Waals surface area contributed by atoms with Gasteiger partial charge in [-0.2, -0.15) is 0 Å². The monoisotopic (exact) mass is 468 g/mol. The molecule has 2 rings (SSSR count). The van der Waals surface area contributed by atoms with Crippen LogP contribution in [0.3, 0.4) is 0 Å². The van der Waals surface area contributed by atoms with Crippen molar-refractivity contribution >= 4 is 39.3 Å². The number of methoxy groups -OCH3 is 1. The Balaban J connectivity index is 2.00. The second kappa shape index (κ2) is 10.3. The van der Waals surface area contributed by atoms with Crippen molar-refractivity contribution in [3.8, 4) is 11.5 Å². The van der Waals surface area contributed by atoms with Crippen LogP contribution in [0.2, 0.25) is 5.02 Å². The van der Waals surface area contributed by atoms with Gasteiger partial charge in [-0.05, 0) is 48.7 Å². The van der Waals surface area contributed by atoms with Crippen LogP contribution in [0.25, 0.3) is 0 Å². The molecular formula is C20H22BrClN2O4. The Bertz CT molecular complexity index is 858. The predicted molar refractivity (Wildman–Crippen MR) is 112 cm³/mol. The van der Waals surface area contributed by atoms with Crippen LogP contribution in [0.5, 0.6) is 11.5 Å². The molecule has 0 aliphatic rings. The van der Waals surface area contributed by atoms with E-state index >= 15 is 0 Å². The third-order valence-electron chi connectivity index (χ3n) is 3.84. The summed E-state index contributed by atoms with van der Waals surface area (Å²) in [5, 5.41) is 0.269. The Morgan fingerprint density at radius 3 is 2.43 bits per heavy atom. The highest BCUT2D eigenvalue weighted by molar-refractivity contribution is 9.10. The van der Waals surface area contributed by atoms with Crippen molar-refractivity contribution < 1.29 is 19.1 Å². The molecule has 0 bridgehead atoms. The Hall–Kier alpha value is -2.25. The highest BCUT2D eigenvalue weighted by Gasteiger charge is 2.14. The lowest BCUT2D eigenvalue weighted by Gasteiger charge is -2.13. The van der Waals surface area contributed by atoms with Crippen molar-refractivity contribution in [2.45, 2.75) is 20.3 Å². The first kappa shape index (κ1) is 22.0. The van der Waals surface area contributed by atoms with Crippen LogP contribution in [-0.4, -0.2) is 25.5 Å². The maximum atomic E-state index is 12.3. The van der Waals surface area contributed by atoms with Gasteiger partial charge in [0.25, 0.3) is 11.8 Å². The van der Waals surface area contributed by atoms with Gasteiger partial charge in [-0.15, -0.1) is 0 Å². The molecule has 0 saturated heterocycles. The molecule has 2 amide bonds. The minimum Gasteiger partial charge on any atom is -0.493 e. The number of benzene rings is 2. The minimum atomic E-state index is -0.522. The average molecular weight is 470 g/mol. The number of nitrogens with one attached hydrogen (secondary N) is 2. The van der Waals surface area contributed by atoms with E-state index < -0.39 is 11.8 Å². The lowest BCUT2D eigenvalue weighted by Crippen LogP contribution is -2.41. The molecule has 2 aromatic rings. The fraction of sp³-hybridized carbons (Fsp3) is 0.300. The van der Waals surface area contributed by atoms with Gasteiger partial charge in [-0.25, -0.2) is 0 Å². The van der Waals surface area contributed by atoms with Gasteiger partial charge < -0.3 is 9.47 Å². The molecule has 0 atom stereocenters. The van der Waals surface area contributed by atoms with E-state index in [2.05, 4.69) is 40.6 Å². The summed E-state index contributed by atoms with van der Waals surface area (Å²) in [4.78, 5) is 24.5. The number of hydrogen-bond acceptors (Lipinski definition) is 4. The quantitative estimate of drug-likeness (QED) is 0.581. The van der Waals surface area contributed by atoms with Gasteiger partial charge >= 0.3 is 0 Å². The standard InChI is InChI=1S/C20H22BrClN2O4/c1-12(2)8-9-28-17-7-4-13(10-18(17)27-3)19(25)23-24-20(26)15-6-5-14(21)11-16(15)22/h4-7,10-12H,8-9H2,1-3H3,(H,23,25)(H,24,26). The van der Waals surface area contributed by atoms with Gasteiger partial charge in [0.05, 0.1) is 24.3 Å². The van der Waals surface area contributed by atoms with E-state index in [0.717, 1.165) is 10.9 Å². The SMILES string of the molecule is COc1cc(C(=O)NNC(=O)c2ccc(Br)cc2Cl)ccc1OCCC(C)C. The van der Waals surface area contributed by atoms with Gasteiger partial charge in [-0.1, -0.05) is 41.4 Å². The molecule has 28 heavy (non-hydrogen) atoms. The zero-order chi connectivity index (χ0) is 20.7. The molecule has 150 valence electrons. The summed E-state index contributed by atoms with van der Waals surface area (Å²) in [6.45, 7) is 4.79. The molecule has 6 nitrogen and oxygen atoms in total. The average Bonchev–Trinajstić information content (AvgIpc) is 2.65. The first-order chi connectivity index (χ1) is 13.3. The molecule has 0 aliphatic carbocycles. The summed E-state index contributed by atoms with van der Waals surface area (Å²) in [5.74, 6) is 0.517. The van der Waals surface area contributed by atoms with E-state index in [4.69, 9.17) is 21.1 Å². The Morgan fingerprint density at radius 1 is 1.07 bits per heavy atom. The molecular weight excluding hydrogens is 448 g/mol. The largest absolute Gasteiger partial charge is 0.493 e. The van der Waals surface area contributed by atoms with E-state index in [-0.39, 0.29) is 10.6 Å². The summed E-state index contributed by atoms with van der Waals surface area (Å²) < 4.78 is 11.8. The van der Waals surface area contributed by atoms with Crippen molar-refractivity contribution in [1.82, 2.24) is 10.9 Å². The molecule has 0 heterocycles. The third kappa shape index (κ3) is 6.14. The molecule has 0 fully saturated rings. The fourth-order valence-electron chi connectivity index (χ4n) is 2.26. The number of ether oxygens (including phenoxy) is 2. The number of hydrazine groups is 1. The van der Waals surface area contributed by atoms with Crippen LogP contribution in [0.1, 0.15) is 41.0 Å². The van der Waals surface area contributed by atoms with Crippen LogP contribution < -0.4 is 20.3 Å². The lowest BCUT2D eigenvalue weighted by molar-refractivity contribution is 0.0846. The topological polar surface area (TPSA) is 76.7 Å². The molecule has 0 aliphatic heterocycles. The molecule has 2 aromatic carbocycles. The first-order valence-electron chi connectivity index (χ1n) is 8.68. The van der Waals surface area contributed by atoms with Gasteiger partial charge in [0.15, 0.2) is 11.5 Å². The molecule has 2 N–H and O–H groups in total. The minimum absolute atomic E-state index is 0.247.